The Morgan fingerprint density at radius 1 is 0.217 bits per heavy atom. The number of benzene rings is 9. The van der Waals surface area contributed by atoms with Crippen LogP contribution in [0, 0.1) is 0 Å². The molecule has 294 valence electrons. The highest BCUT2D eigenvalue weighted by Gasteiger charge is 2.18. The lowest BCUT2D eigenvalue weighted by molar-refractivity contribution is 0.359. The maximum absolute atomic E-state index is 6.18. The summed E-state index contributed by atoms with van der Waals surface area (Å²) in [5, 5.41) is 18.7. The van der Waals surface area contributed by atoms with E-state index >= 15 is 0 Å². The quantitative estimate of drug-likeness (QED) is 0.157. The third-order valence-electron chi connectivity index (χ3n) is 12.0. The highest BCUT2D eigenvalue weighted by molar-refractivity contribution is 6.24. The van der Waals surface area contributed by atoms with Crippen molar-refractivity contribution in [2.45, 2.75) is 0 Å². The molecule has 10 aromatic rings. The summed E-state index contributed by atoms with van der Waals surface area (Å²) in [6.45, 7) is 0. The first-order valence-electron chi connectivity index (χ1n) is 19.9. The maximum atomic E-state index is 6.18. The van der Waals surface area contributed by atoms with Gasteiger partial charge in [-0.25, -0.2) is 0 Å². The van der Waals surface area contributed by atoms with E-state index in [1.807, 2.05) is 0 Å². The second-order valence-electron chi connectivity index (χ2n) is 14.9. The van der Waals surface area contributed by atoms with Gasteiger partial charge in [-0.05, 0) is 135 Å². The number of hydrogen-bond acceptors (Lipinski definition) is 6. The summed E-state index contributed by atoms with van der Waals surface area (Å²) in [6, 6.07) is 51.6. The number of methoxy groups -OCH3 is 6. The molecule has 10 aromatic carbocycles. The summed E-state index contributed by atoms with van der Waals surface area (Å²) in [6.07, 6.45) is 0. The zero-order valence-electron chi connectivity index (χ0n) is 34.3. The minimum absolute atomic E-state index is 0.626. The molecule has 0 fully saturated rings. The molecule has 0 saturated carbocycles. The van der Waals surface area contributed by atoms with Crippen LogP contribution in [0.4, 0.5) is 0 Å². The van der Waals surface area contributed by atoms with E-state index in [2.05, 4.69) is 146 Å². The highest BCUT2D eigenvalue weighted by Crippen LogP contribution is 2.46. The molecule has 0 atom stereocenters. The minimum atomic E-state index is 0.626. The van der Waals surface area contributed by atoms with E-state index in [1.165, 1.54) is 0 Å². The Kier molecular flexibility index (Phi) is 9.06. The van der Waals surface area contributed by atoms with Crippen LogP contribution in [-0.2, 0) is 0 Å². The van der Waals surface area contributed by atoms with E-state index in [9.17, 15) is 0 Å². The van der Waals surface area contributed by atoms with Gasteiger partial charge >= 0.3 is 0 Å². The lowest BCUT2D eigenvalue weighted by atomic mass is 9.94. The summed E-state index contributed by atoms with van der Waals surface area (Å²) in [5.74, 6) is 3.87. The fraction of sp³-hybridized carbons (Fsp3) is 0.111. The van der Waals surface area contributed by atoms with Crippen molar-refractivity contribution in [2.75, 3.05) is 42.7 Å². The van der Waals surface area contributed by atoms with E-state index in [0.717, 1.165) is 97.0 Å². The van der Waals surface area contributed by atoms with Gasteiger partial charge in [-0.3, -0.25) is 0 Å². The molecule has 0 unspecified atom stereocenters. The Labute approximate surface area is 347 Å². The average Bonchev–Trinajstić information content (AvgIpc) is 3.30. The first kappa shape index (κ1) is 36.9. The van der Waals surface area contributed by atoms with Gasteiger partial charge in [0, 0.05) is 16.2 Å². The van der Waals surface area contributed by atoms with E-state index in [-0.39, 0.29) is 0 Å². The summed E-state index contributed by atoms with van der Waals surface area (Å²) in [4.78, 5) is 0. The van der Waals surface area contributed by atoms with Crippen molar-refractivity contribution >= 4 is 97.0 Å². The average molecular weight is 787 g/mol. The van der Waals surface area contributed by atoms with Crippen LogP contribution in [0.3, 0.4) is 0 Å². The lowest BCUT2D eigenvalue weighted by Crippen LogP contribution is -1.93. The van der Waals surface area contributed by atoms with Gasteiger partial charge in [-0.2, -0.15) is 0 Å². The second-order valence-corrected chi connectivity index (χ2v) is 14.9. The smallest absolute Gasteiger partial charge is 0.168 e. The summed E-state index contributed by atoms with van der Waals surface area (Å²) in [5.41, 5.74) is 0. The molecule has 6 heteroatoms. The SMILES string of the molecule is COc1cc2c3cc(ccc4cc5c(ccc6c(OC)c(OC)cc7c6cc(ccc3c1OC)c1ccccc17)c(OC)c(OC)cc5c1ccccc41)c1ccccc12. The van der Waals surface area contributed by atoms with Gasteiger partial charge in [0.15, 0.2) is 34.5 Å². The van der Waals surface area contributed by atoms with Crippen LogP contribution in [0.2, 0.25) is 0 Å². The zero-order chi connectivity index (χ0) is 41.1. The number of ether oxygens (including phenoxy) is 6. The molecule has 0 saturated heterocycles. The molecule has 0 aliphatic rings. The predicted octanol–water partition coefficient (Wildman–Crippen LogP) is 13.8. The fourth-order valence-electron chi connectivity index (χ4n) is 9.28. The van der Waals surface area contributed by atoms with Gasteiger partial charge in [0.1, 0.15) is 0 Å². The van der Waals surface area contributed by atoms with E-state index in [4.69, 9.17) is 28.4 Å². The number of rotatable bonds is 6. The topological polar surface area (TPSA) is 55.4 Å². The summed E-state index contributed by atoms with van der Waals surface area (Å²) in [7, 11) is 10.1. The third-order valence-corrected chi connectivity index (χ3v) is 12.0. The molecule has 6 nitrogen and oxygen atoms in total. The monoisotopic (exact) mass is 786 g/mol. The third kappa shape index (κ3) is 5.63. The van der Waals surface area contributed by atoms with Gasteiger partial charge in [-0.15, -0.1) is 0 Å². The molecule has 6 bridgehead atoms. The highest BCUT2D eigenvalue weighted by atomic mass is 16.5. The molecule has 0 N–H and O–H groups in total. The fourth-order valence-corrected chi connectivity index (χ4v) is 9.28. The first-order chi connectivity index (χ1) is 29.5. The molecule has 0 radical (unpaired) electrons. The second kappa shape index (κ2) is 14.7. The predicted molar refractivity (Wildman–Crippen MR) is 250 cm³/mol. The van der Waals surface area contributed by atoms with Crippen LogP contribution in [0.1, 0.15) is 0 Å². The maximum Gasteiger partial charge on any atom is 0.168 e. The molecular weight excluding hydrogens is 745 g/mol. The van der Waals surface area contributed by atoms with Crippen molar-refractivity contribution in [1.29, 1.82) is 0 Å². The van der Waals surface area contributed by atoms with Gasteiger partial charge in [0.25, 0.3) is 0 Å². The standard InChI is InChI=1S/C54H42O6/c1-55-49-28-46-37-16-10-7-13-34(37)31-19-20-32-26-44-41(53(59-5)50(56-2)29-47(44)38-17-11-8-14-35(32)38)23-24-42-45-27-33(21-22-40(43(46)25-31)52(49)58-4)36-15-9-12-18-39(36)48(45)30-51(57-3)54(42)60-6/h7-30H,1-6H3. The molecule has 0 spiro atoms. The van der Waals surface area contributed by atoms with Crippen molar-refractivity contribution in [1.82, 2.24) is 0 Å². The Hall–Kier alpha value is -7.44. The van der Waals surface area contributed by atoms with E-state index < -0.39 is 0 Å². The van der Waals surface area contributed by atoms with Crippen molar-refractivity contribution < 1.29 is 28.4 Å². The Morgan fingerprint density at radius 3 is 0.750 bits per heavy atom. The zero-order valence-corrected chi connectivity index (χ0v) is 34.3. The van der Waals surface area contributed by atoms with Crippen LogP contribution in [-0.4, -0.2) is 42.7 Å². The Bertz CT molecular complexity index is 3520. The number of fused-ring (bicyclic) bond motifs is 12. The van der Waals surface area contributed by atoms with Crippen LogP contribution in [0.25, 0.3) is 97.0 Å². The molecule has 0 heterocycles. The van der Waals surface area contributed by atoms with Gasteiger partial charge < -0.3 is 28.4 Å². The van der Waals surface area contributed by atoms with Crippen molar-refractivity contribution in [3.8, 4) is 34.5 Å². The van der Waals surface area contributed by atoms with Gasteiger partial charge in [0.2, 0.25) is 0 Å². The van der Waals surface area contributed by atoms with Crippen LogP contribution >= 0.6 is 0 Å². The lowest BCUT2D eigenvalue weighted by Gasteiger charge is -2.16. The molecule has 0 aliphatic heterocycles. The Balaban J connectivity index is 1.53. The molecule has 10 rings (SSSR count). The number of hydrogen-bond donors (Lipinski definition) is 0. The molecule has 0 aromatic heterocycles. The van der Waals surface area contributed by atoms with E-state index in [0.29, 0.717) is 34.5 Å². The van der Waals surface area contributed by atoms with Gasteiger partial charge in [-0.1, -0.05) is 91.0 Å². The molecule has 0 amide bonds. The van der Waals surface area contributed by atoms with Crippen LogP contribution in [0.15, 0.2) is 146 Å². The van der Waals surface area contributed by atoms with Crippen molar-refractivity contribution in [3.05, 3.63) is 146 Å². The van der Waals surface area contributed by atoms with Crippen molar-refractivity contribution in [2.24, 2.45) is 0 Å². The molecular formula is C54H42O6. The van der Waals surface area contributed by atoms with Crippen LogP contribution in [0.5, 0.6) is 34.5 Å². The summed E-state index contributed by atoms with van der Waals surface area (Å²) >= 11 is 0. The minimum Gasteiger partial charge on any atom is -0.493 e. The van der Waals surface area contributed by atoms with E-state index in [1.54, 1.807) is 42.7 Å². The summed E-state index contributed by atoms with van der Waals surface area (Å²) < 4.78 is 36.6. The van der Waals surface area contributed by atoms with Gasteiger partial charge in [0.05, 0.1) is 42.7 Å². The van der Waals surface area contributed by atoms with Crippen LogP contribution < -0.4 is 28.4 Å². The normalized spacial score (nSPS) is 11.5. The first-order valence-corrected chi connectivity index (χ1v) is 19.9. The molecule has 0 aliphatic carbocycles. The Morgan fingerprint density at radius 2 is 0.467 bits per heavy atom. The van der Waals surface area contributed by atoms with Crippen molar-refractivity contribution in [3.63, 3.8) is 0 Å². The molecule has 60 heavy (non-hydrogen) atoms. The largest absolute Gasteiger partial charge is 0.493 e.